The molecule has 4 heteroatoms. The standard InChI is InChI=1S/C10H13BrOS2/c11-9-1-3-10(4-2-9)14-8-6-12-5-7-13/h1-4,13H,5-8H2. The van der Waals surface area contributed by atoms with Crippen LogP contribution in [0.4, 0.5) is 0 Å². The number of benzene rings is 1. The van der Waals surface area contributed by atoms with Crippen LogP contribution in [0.15, 0.2) is 33.6 Å². The van der Waals surface area contributed by atoms with Crippen LogP contribution in [-0.4, -0.2) is 24.7 Å². The van der Waals surface area contributed by atoms with Gasteiger partial charge in [0.2, 0.25) is 0 Å². The van der Waals surface area contributed by atoms with Crippen molar-refractivity contribution in [2.45, 2.75) is 4.90 Å². The largest absolute Gasteiger partial charge is 0.380 e. The van der Waals surface area contributed by atoms with Crippen LogP contribution in [0.5, 0.6) is 0 Å². The van der Waals surface area contributed by atoms with Crippen LogP contribution in [0.25, 0.3) is 0 Å². The van der Waals surface area contributed by atoms with Crippen molar-refractivity contribution in [3.63, 3.8) is 0 Å². The number of halogens is 1. The predicted octanol–water partition coefficient (Wildman–Crippen LogP) is 3.49. The lowest BCUT2D eigenvalue weighted by atomic mass is 10.4. The molecule has 0 N–H and O–H groups in total. The molecule has 1 aromatic carbocycles. The maximum absolute atomic E-state index is 5.32. The van der Waals surface area contributed by atoms with E-state index in [2.05, 4.69) is 52.8 Å². The van der Waals surface area contributed by atoms with Crippen LogP contribution >= 0.6 is 40.3 Å². The molecule has 0 amide bonds. The van der Waals surface area contributed by atoms with Crippen molar-refractivity contribution in [2.75, 3.05) is 24.7 Å². The minimum atomic E-state index is 0.740. The Morgan fingerprint density at radius 3 is 2.57 bits per heavy atom. The summed E-state index contributed by atoms with van der Waals surface area (Å²) in [6, 6.07) is 8.31. The number of hydrogen-bond acceptors (Lipinski definition) is 3. The first-order valence-electron chi connectivity index (χ1n) is 4.40. The Kier molecular flexibility index (Phi) is 6.77. The summed E-state index contributed by atoms with van der Waals surface area (Å²) in [5.74, 6) is 1.79. The van der Waals surface area contributed by atoms with Crippen molar-refractivity contribution in [1.29, 1.82) is 0 Å². The van der Waals surface area contributed by atoms with E-state index in [4.69, 9.17) is 4.74 Å². The molecule has 0 spiro atoms. The number of hydrogen-bond donors (Lipinski definition) is 1. The van der Waals surface area contributed by atoms with Gasteiger partial charge in [0.1, 0.15) is 0 Å². The Morgan fingerprint density at radius 2 is 1.93 bits per heavy atom. The van der Waals surface area contributed by atoms with Gasteiger partial charge in [-0.3, -0.25) is 0 Å². The third-order valence-corrected chi connectivity index (χ3v) is 3.23. The first kappa shape index (κ1) is 12.4. The van der Waals surface area contributed by atoms with E-state index in [0.29, 0.717) is 0 Å². The number of rotatable bonds is 6. The van der Waals surface area contributed by atoms with Gasteiger partial charge in [-0.05, 0) is 24.3 Å². The first-order chi connectivity index (χ1) is 6.83. The van der Waals surface area contributed by atoms with Crippen molar-refractivity contribution >= 4 is 40.3 Å². The van der Waals surface area contributed by atoms with E-state index in [1.807, 2.05) is 11.8 Å². The van der Waals surface area contributed by atoms with Crippen molar-refractivity contribution < 1.29 is 4.74 Å². The van der Waals surface area contributed by atoms with Crippen molar-refractivity contribution in [3.05, 3.63) is 28.7 Å². The van der Waals surface area contributed by atoms with Gasteiger partial charge in [-0.15, -0.1) is 11.8 Å². The highest BCUT2D eigenvalue weighted by Gasteiger charge is 1.93. The molecule has 0 aromatic heterocycles. The van der Waals surface area contributed by atoms with E-state index in [-0.39, 0.29) is 0 Å². The topological polar surface area (TPSA) is 9.23 Å². The fourth-order valence-electron chi connectivity index (χ4n) is 0.916. The molecule has 0 atom stereocenters. The summed E-state index contributed by atoms with van der Waals surface area (Å²) in [5.41, 5.74) is 0. The average molecular weight is 293 g/mol. The monoisotopic (exact) mass is 292 g/mol. The number of ether oxygens (including phenoxy) is 1. The molecule has 0 saturated heterocycles. The minimum absolute atomic E-state index is 0.740. The Bertz CT molecular complexity index is 251. The zero-order valence-corrected chi connectivity index (χ0v) is 11.1. The molecule has 78 valence electrons. The summed E-state index contributed by atoms with van der Waals surface area (Å²) in [6.45, 7) is 1.53. The highest BCUT2D eigenvalue weighted by molar-refractivity contribution is 9.10. The van der Waals surface area contributed by atoms with Gasteiger partial charge in [0.05, 0.1) is 13.2 Å². The van der Waals surface area contributed by atoms with E-state index in [0.717, 1.165) is 29.2 Å². The molecule has 0 radical (unpaired) electrons. The maximum Gasteiger partial charge on any atom is 0.0560 e. The Hall–Kier alpha value is 0.360. The highest BCUT2D eigenvalue weighted by Crippen LogP contribution is 2.20. The fraction of sp³-hybridized carbons (Fsp3) is 0.400. The van der Waals surface area contributed by atoms with Crippen LogP contribution < -0.4 is 0 Å². The van der Waals surface area contributed by atoms with E-state index >= 15 is 0 Å². The van der Waals surface area contributed by atoms with Crippen molar-refractivity contribution in [2.24, 2.45) is 0 Å². The maximum atomic E-state index is 5.32. The van der Waals surface area contributed by atoms with E-state index in [9.17, 15) is 0 Å². The van der Waals surface area contributed by atoms with Crippen LogP contribution in [0.1, 0.15) is 0 Å². The predicted molar refractivity (Wildman–Crippen MR) is 69.5 cm³/mol. The molecule has 0 aliphatic carbocycles. The summed E-state index contributed by atoms with van der Waals surface area (Å²) in [4.78, 5) is 1.28. The molecule has 0 aliphatic rings. The van der Waals surface area contributed by atoms with E-state index in [1.54, 1.807) is 0 Å². The van der Waals surface area contributed by atoms with Gasteiger partial charge >= 0.3 is 0 Å². The summed E-state index contributed by atoms with van der Waals surface area (Å²) in [7, 11) is 0. The Balaban J connectivity index is 2.15. The van der Waals surface area contributed by atoms with Crippen LogP contribution in [0.2, 0.25) is 0 Å². The van der Waals surface area contributed by atoms with Gasteiger partial charge in [-0.1, -0.05) is 15.9 Å². The summed E-state index contributed by atoms with van der Waals surface area (Å²) in [6.07, 6.45) is 0. The Morgan fingerprint density at radius 1 is 1.21 bits per heavy atom. The number of thioether (sulfide) groups is 1. The number of thiol groups is 1. The zero-order valence-electron chi connectivity index (χ0n) is 7.78. The third kappa shape index (κ3) is 5.29. The quantitative estimate of drug-likeness (QED) is 0.488. The van der Waals surface area contributed by atoms with Gasteiger partial charge < -0.3 is 4.74 Å². The molecule has 0 aliphatic heterocycles. The van der Waals surface area contributed by atoms with Gasteiger partial charge in [0.25, 0.3) is 0 Å². The molecule has 1 rings (SSSR count). The molecular weight excluding hydrogens is 280 g/mol. The zero-order chi connectivity index (χ0) is 10.2. The molecule has 0 saturated carbocycles. The highest BCUT2D eigenvalue weighted by atomic mass is 79.9. The molecule has 0 fully saturated rings. The Labute approximate surface area is 103 Å². The molecule has 0 heterocycles. The second-order valence-corrected chi connectivity index (χ2v) is 5.17. The average Bonchev–Trinajstić information content (AvgIpc) is 2.21. The van der Waals surface area contributed by atoms with Gasteiger partial charge in [-0.2, -0.15) is 12.6 Å². The summed E-state index contributed by atoms with van der Waals surface area (Å²) >= 11 is 9.28. The van der Waals surface area contributed by atoms with Gasteiger partial charge in [0.15, 0.2) is 0 Å². The van der Waals surface area contributed by atoms with E-state index in [1.165, 1.54) is 4.90 Å². The minimum Gasteiger partial charge on any atom is -0.380 e. The van der Waals surface area contributed by atoms with Crippen molar-refractivity contribution in [3.8, 4) is 0 Å². The summed E-state index contributed by atoms with van der Waals surface area (Å²) < 4.78 is 6.44. The lowest BCUT2D eigenvalue weighted by molar-refractivity contribution is 0.167. The second-order valence-electron chi connectivity index (χ2n) is 2.64. The molecule has 14 heavy (non-hydrogen) atoms. The third-order valence-electron chi connectivity index (χ3n) is 1.55. The van der Waals surface area contributed by atoms with Crippen LogP contribution in [0.3, 0.4) is 0 Å². The fourth-order valence-corrected chi connectivity index (χ4v) is 2.07. The second kappa shape index (κ2) is 7.63. The summed E-state index contributed by atoms with van der Waals surface area (Å²) in [5, 5.41) is 0. The SMILES string of the molecule is SCCOCCSc1ccc(Br)cc1. The molecular formula is C10H13BrOS2. The van der Waals surface area contributed by atoms with Gasteiger partial charge in [-0.25, -0.2) is 0 Å². The first-order valence-corrected chi connectivity index (χ1v) is 6.81. The normalized spacial score (nSPS) is 10.4. The lowest BCUT2D eigenvalue weighted by Crippen LogP contribution is -1.99. The van der Waals surface area contributed by atoms with Crippen molar-refractivity contribution in [1.82, 2.24) is 0 Å². The smallest absolute Gasteiger partial charge is 0.0560 e. The molecule has 1 aromatic rings. The van der Waals surface area contributed by atoms with E-state index < -0.39 is 0 Å². The van der Waals surface area contributed by atoms with Crippen LogP contribution in [0, 0.1) is 0 Å². The lowest BCUT2D eigenvalue weighted by Gasteiger charge is -2.02. The molecule has 0 bridgehead atoms. The molecule has 0 unspecified atom stereocenters. The van der Waals surface area contributed by atoms with Gasteiger partial charge in [0, 0.05) is 20.9 Å². The van der Waals surface area contributed by atoms with Crippen LogP contribution in [-0.2, 0) is 4.74 Å². The molecule has 1 nitrogen and oxygen atoms in total.